The van der Waals surface area contributed by atoms with Crippen LogP contribution >= 0.6 is 0 Å². The summed E-state index contributed by atoms with van der Waals surface area (Å²) >= 11 is 0. The van der Waals surface area contributed by atoms with E-state index in [1.165, 1.54) is 6.07 Å². The molecular formula is C14H8F6N6O. The third kappa shape index (κ3) is 3.61. The molecule has 13 heteroatoms. The van der Waals surface area contributed by atoms with Gasteiger partial charge in [0.25, 0.3) is 5.56 Å². The van der Waals surface area contributed by atoms with Crippen molar-refractivity contribution in [2.24, 2.45) is 10.2 Å². The van der Waals surface area contributed by atoms with E-state index in [9.17, 15) is 31.1 Å². The van der Waals surface area contributed by atoms with Crippen LogP contribution in [0.5, 0.6) is 0 Å². The molecule has 0 aliphatic heterocycles. The maximum atomic E-state index is 13.0. The molecule has 0 saturated heterocycles. The van der Waals surface area contributed by atoms with E-state index in [4.69, 9.17) is 5.73 Å². The van der Waals surface area contributed by atoms with Crippen molar-refractivity contribution in [1.29, 1.82) is 0 Å². The van der Waals surface area contributed by atoms with Crippen LogP contribution in [0.4, 0.5) is 43.5 Å². The van der Waals surface area contributed by atoms with Gasteiger partial charge in [-0.3, -0.25) is 4.79 Å². The number of halogens is 6. The predicted molar refractivity (Wildman–Crippen MR) is 80.8 cm³/mol. The molecular weight excluding hydrogens is 382 g/mol. The summed E-state index contributed by atoms with van der Waals surface area (Å²) in [7, 11) is 0. The molecule has 0 fully saturated rings. The SMILES string of the molecule is Nc1nn2c(C(F)(F)F)cc(=O)[nH]c2c1N=Nc1cccc(C(F)(F)F)c1. The predicted octanol–water partition coefficient (Wildman–Crippen LogP) is 4.06. The normalized spacial score (nSPS) is 13.0. The first-order chi connectivity index (χ1) is 12.5. The summed E-state index contributed by atoms with van der Waals surface area (Å²) < 4.78 is 77.5. The van der Waals surface area contributed by atoms with Gasteiger partial charge in [-0.25, -0.2) is 4.52 Å². The second-order valence-electron chi connectivity index (χ2n) is 5.26. The summed E-state index contributed by atoms with van der Waals surface area (Å²) in [5.74, 6) is -0.502. The number of hydrogen-bond donors (Lipinski definition) is 2. The van der Waals surface area contributed by atoms with Crippen molar-refractivity contribution in [1.82, 2.24) is 14.6 Å². The van der Waals surface area contributed by atoms with Gasteiger partial charge >= 0.3 is 12.4 Å². The topological polar surface area (TPSA) is 101 Å². The zero-order valence-electron chi connectivity index (χ0n) is 12.9. The number of nitrogen functional groups attached to an aromatic ring is 1. The molecule has 2 aromatic heterocycles. The van der Waals surface area contributed by atoms with Gasteiger partial charge in [-0.05, 0) is 18.2 Å². The zero-order valence-corrected chi connectivity index (χ0v) is 12.9. The Labute approximate surface area is 145 Å². The molecule has 7 nitrogen and oxygen atoms in total. The van der Waals surface area contributed by atoms with Crippen LogP contribution in [0.1, 0.15) is 11.3 Å². The molecule has 0 aliphatic rings. The fourth-order valence-corrected chi connectivity index (χ4v) is 2.20. The number of alkyl halides is 6. The number of hydrogen-bond acceptors (Lipinski definition) is 5. The molecule has 0 amide bonds. The van der Waals surface area contributed by atoms with Crippen LogP contribution in [0.25, 0.3) is 5.65 Å². The van der Waals surface area contributed by atoms with Crippen molar-refractivity contribution >= 4 is 22.8 Å². The first kappa shape index (κ1) is 18.4. The molecule has 0 radical (unpaired) electrons. The van der Waals surface area contributed by atoms with E-state index in [1.807, 2.05) is 0 Å². The number of nitrogens with two attached hydrogens (primary N) is 1. The fraction of sp³-hybridized carbons (Fsp3) is 0.143. The Hall–Kier alpha value is -3.38. The highest BCUT2D eigenvalue weighted by atomic mass is 19.4. The lowest BCUT2D eigenvalue weighted by Crippen LogP contribution is -2.19. The second-order valence-corrected chi connectivity index (χ2v) is 5.26. The van der Waals surface area contributed by atoms with Gasteiger partial charge < -0.3 is 10.7 Å². The van der Waals surface area contributed by atoms with Gasteiger partial charge in [0.1, 0.15) is 0 Å². The van der Waals surface area contributed by atoms with E-state index < -0.39 is 46.3 Å². The quantitative estimate of drug-likeness (QED) is 0.510. The highest BCUT2D eigenvalue weighted by Crippen LogP contribution is 2.35. The Bertz CT molecular complexity index is 1090. The van der Waals surface area contributed by atoms with Crippen molar-refractivity contribution in [3.63, 3.8) is 0 Å². The maximum Gasteiger partial charge on any atom is 0.433 e. The van der Waals surface area contributed by atoms with Gasteiger partial charge in [0.2, 0.25) is 0 Å². The number of aromatic amines is 1. The number of nitrogens with one attached hydrogen (secondary N) is 1. The number of rotatable bonds is 2. The Morgan fingerprint density at radius 3 is 2.37 bits per heavy atom. The molecule has 3 N–H and O–H groups in total. The van der Waals surface area contributed by atoms with Crippen LogP contribution < -0.4 is 11.3 Å². The molecule has 3 rings (SSSR count). The average Bonchev–Trinajstić information content (AvgIpc) is 2.86. The van der Waals surface area contributed by atoms with E-state index >= 15 is 0 Å². The Kier molecular flexibility index (Phi) is 4.16. The third-order valence-electron chi connectivity index (χ3n) is 3.35. The summed E-state index contributed by atoms with van der Waals surface area (Å²) in [6.07, 6.45) is -9.51. The molecule has 0 unspecified atom stereocenters. The number of aromatic nitrogens is 3. The maximum absolute atomic E-state index is 13.0. The van der Waals surface area contributed by atoms with E-state index in [1.54, 1.807) is 0 Å². The molecule has 0 saturated carbocycles. The van der Waals surface area contributed by atoms with Crippen LogP contribution in [0.3, 0.4) is 0 Å². The van der Waals surface area contributed by atoms with E-state index in [2.05, 4.69) is 20.3 Å². The summed E-state index contributed by atoms with van der Waals surface area (Å²) in [6, 6.07) is 4.07. The number of anilines is 1. The van der Waals surface area contributed by atoms with Crippen molar-refractivity contribution in [3.05, 3.63) is 51.9 Å². The van der Waals surface area contributed by atoms with Gasteiger partial charge in [0.05, 0.1) is 11.3 Å². The van der Waals surface area contributed by atoms with Crippen LogP contribution in [0.15, 0.2) is 45.4 Å². The summed E-state index contributed by atoms with van der Waals surface area (Å²) in [5.41, 5.74) is 0.908. The van der Waals surface area contributed by atoms with Gasteiger partial charge in [-0.15, -0.1) is 10.2 Å². The minimum atomic E-state index is -4.90. The first-order valence-corrected chi connectivity index (χ1v) is 7.04. The standard InChI is InChI=1S/C14H8F6N6O/c15-13(16,17)6-2-1-3-7(4-6)23-24-10-11(21)25-26-8(14(18,19)20)5-9(27)22-12(10)26/h1-5H,(H2,21,25)(H,22,27). The molecule has 27 heavy (non-hydrogen) atoms. The minimum absolute atomic E-state index is 0.224. The lowest BCUT2D eigenvalue weighted by Gasteiger charge is -2.07. The van der Waals surface area contributed by atoms with Crippen molar-refractivity contribution in [3.8, 4) is 0 Å². The second kappa shape index (κ2) is 6.10. The van der Waals surface area contributed by atoms with Gasteiger partial charge in [0, 0.05) is 6.07 Å². The number of nitrogens with zero attached hydrogens (tertiary/aromatic N) is 4. The molecule has 0 aliphatic carbocycles. The van der Waals surface area contributed by atoms with Crippen molar-refractivity contribution < 1.29 is 26.3 Å². The highest BCUT2D eigenvalue weighted by Gasteiger charge is 2.36. The molecule has 0 spiro atoms. The first-order valence-electron chi connectivity index (χ1n) is 7.04. The molecule has 0 bridgehead atoms. The summed E-state index contributed by atoms with van der Waals surface area (Å²) in [5, 5.41) is 10.6. The number of H-pyrrole nitrogens is 1. The number of fused-ring (bicyclic) bond motifs is 1. The van der Waals surface area contributed by atoms with Crippen LogP contribution in [0.2, 0.25) is 0 Å². The molecule has 3 aromatic rings. The summed E-state index contributed by atoms with van der Waals surface area (Å²) in [6.45, 7) is 0. The van der Waals surface area contributed by atoms with Crippen molar-refractivity contribution in [2.75, 3.05) is 5.73 Å². The van der Waals surface area contributed by atoms with E-state index in [0.29, 0.717) is 10.6 Å². The monoisotopic (exact) mass is 390 g/mol. The van der Waals surface area contributed by atoms with Gasteiger partial charge in [-0.1, -0.05) is 6.07 Å². The Morgan fingerprint density at radius 1 is 1.04 bits per heavy atom. The third-order valence-corrected chi connectivity index (χ3v) is 3.35. The zero-order chi connectivity index (χ0) is 20.0. The van der Waals surface area contributed by atoms with E-state index in [0.717, 1.165) is 12.1 Å². The smallest absolute Gasteiger partial charge is 0.380 e. The van der Waals surface area contributed by atoms with Crippen LogP contribution in [-0.4, -0.2) is 14.6 Å². The van der Waals surface area contributed by atoms with Crippen LogP contribution in [0, 0.1) is 0 Å². The Balaban J connectivity index is 2.11. The largest absolute Gasteiger partial charge is 0.433 e. The lowest BCUT2D eigenvalue weighted by atomic mass is 10.2. The summed E-state index contributed by atoms with van der Waals surface area (Å²) in [4.78, 5) is 13.6. The van der Waals surface area contributed by atoms with Crippen LogP contribution in [-0.2, 0) is 12.4 Å². The molecule has 2 heterocycles. The van der Waals surface area contributed by atoms with Crippen molar-refractivity contribution in [2.45, 2.75) is 12.4 Å². The number of benzene rings is 1. The Morgan fingerprint density at radius 2 is 1.74 bits per heavy atom. The molecule has 0 atom stereocenters. The lowest BCUT2D eigenvalue weighted by molar-refractivity contribution is -0.142. The molecule has 1 aromatic carbocycles. The number of azo groups is 1. The average molecular weight is 390 g/mol. The van der Waals surface area contributed by atoms with E-state index in [-0.39, 0.29) is 11.8 Å². The van der Waals surface area contributed by atoms with Gasteiger partial charge in [-0.2, -0.15) is 31.5 Å². The van der Waals surface area contributed by atoms with Gasteiger partial charge in [0.15, 0.2) is 22.8 Å². The molecule has 142 valence electrons. The highest BCUT2D eigenvalue weighted by molar-refractivity contribution is 5.75. The fourth-order valence-electron chi connectivity index (χ4n) is 2.20. The minimum Gasteiger partial charge on any atom is -0.380 e.